The fourth-order valence-electron chi connectivity index (χ4n) is 2.97. The SMILES string of the molecule is CCCCC(CC)CC(CC(=O)O)C(=O)OSc1nc2ccccc2[nH]1. The topological polar surface area (TPSA) is 92.3 Å². The number of aromatic nitrogens is 2. The molecule has 142 valence electrons. The summed E-state index contributed by atoms with van der Waals surface area (Å²) in [6.07, 6.45) is 4.45. The molecule has 0 fully saturated rings. The molecule has 26 heavy (non-hydrogen) atoms. The van der Waals surface area contributed by atoms with E-state index in [4.69, 9.17) is 9.29 Å². The first-order chi connectivity index (χ1) is 12.5. The maximum absolute atomic E-state index is 12.4. The van der Waals surface area contributed by atoms with Crippen LogP contribution in [-0.4, -0.2) is 27.0 Å². The van der Waals surface area contributed by atoms with E-state index in [0.29, 0.717) is 17.5 Å². The van der Waals surface area contributed by atoms with Crippen molar-refractivity contribution < 1.29 is 18.9 Å². The lowest BCUT2D eigenvalue weighted by atomic mass is 9.87. The van der Waals surface area contributed by atoms with Gasteiger partial charge in [-0.2, -0.15) is 0 Å². The van der Waals surface area contributed by atoms with Gasteiger partial charge in [0.2, 0.25) is 5.16 Å². The first-order valence-corrected chi connectivity index (χ1v) is 9.82. The first kappa shape index (κ1) is 20.3. The van der Waals surface area contributed by atoms with Crippen LogP contribution < -0.4 is 0 Å². The number of carbonyl (C=O) groups excluding carboxylic acids is 1. The largest absolute Gasteiger partial charge is 0.481 e. The Kier molecular flexibility index (Phi) is 7.97. The van der Waals surface area contributed by atoms with Gasteiger partial charge in [-0.3, -0.25) is 9.59 Å². The Labute approximate surface area is 157 Å². The molecule has 0 amide bonds. The van der Waals surface area contributed by atoms with E-state index in [1.165, 1.54) is 0 Å². The molecule has 0 saturated carbocycles. The summed E-state index contributed by atoms with van der Waals surface area (Å²) in [7, 11) is 0. The van der Waals surface area contributed by atoms with Crippen molar-refractivity contribution in [2.24, 2.45) is 11.8 Å². The van der Waals surface area contributed by atoms with E-state index in [2.05, 4.69) is 23.8 Å². The standard InChI is InChI=1S/C19H26N2O4S/c1-3-5-8-13(4-2)11-14(12-17(22)23)18(24)25-26-19-20-15-9-6-7-10-16(15)21-19/h6-7,9-10,13-14H,3-5,8,11-12H2,1-2H3,(H,20,21)(H,22,23). The zero-order valence-electron chi connectivity index (χ0n) is 15.2. The Balaban J connectivity index is 1.97. The van der Waals surface area contributed by atoms with E-state index in [1.54, 1.807) is 0 Å². The molecule has 2 atom stereocenters. The average molecular weight is 378 g/mol. The molecule has 6 nitrogen and oxygen atoms in total. The lowest BCUT2D eigenvalue weighted by molar-refractivity contribution is -0.146. The van der Waals surface area contributed by atoms with Crippen LogP contribution in [0.2, 0.25) is 0 Å². The van der Waals surface area contributed by atoms with E-state index in [0.717, 1.165) is 48.8 Å². The smallest absolute Gasteiger partial charge is 0.322 e. The highest BCUT2D eigenvalue weighted by atomic mass is 32.2. The second kappa shape index (κ2) is 10.2. The van der Waals surface area contributed by atoms with Gasteiger partial charge in [-0.1, -0.05) is 51.7 Å². The number of nitrogens with zero attached hydrogens (tertiary/aromatic N) is 1. The Morgan fingerprint density at radius 3 is 2.73 bits per heavy atom. The highest BCUT2D eigenvalue weighted by Crippen LogP contribution is 2.27. The van der Waals surface area contributed by atoms with E-state index >= 15 is 0 Å². The molecule has 1 aromatic heterocycles. The van der Waals surface area contributed by atoms with E-state index in [9.17, 15) is 9.59 Å². The quantitative estimate of drug-likeness (QED) is 0.545. The van der Waals surface area contributed by atoms with Crippen LogP contribution in [0.3, 0.4) is 0 Å². The normalized spacial score (nSPS) is 13.5. The maximum atomic E-state index is 12.4. The van der Waals surface area contributed by atoms with E-state index < -0.39 is 17.9 Å². The average Bonchev–Trinajstić information content (AvgIpc) is 3.04. The number of unbranched alkanes of at least 4 members (excludes halogenated alkanes) is 1. The summed E-state index contributed by atoms with van der Waals surface area (Å²) in [5.41, 5.74) is 1.65. The van der Waals surface area contributed by atoms with Gasteiger partial charge in [0.15, 0.2) is 0 Å². The van der Waals surface area contributed by atoms with Crippen molar-refractivity contribution in [3.05, 3.63) is 24.3 Å². The van der Waals surface area contributed by atoms with Gasteiger partial charge >= 0.3 is 11.9 Å². The third-order valence-electron chi connectivity index (χ3n) is 4.49. The molecule has 0 aliphatic rings. The van der Waals surface area contributed by atoms with Crippen molar-refractivity contribution in [2.45, 2.75) is 57.5 Å². The van der Waals surface area contributed by atoms with Crippen LogP contribution in [0, 0.1) is 11.8 Å². The van der Waals surface area contributed by atoms with Gasteiger partial charge in [-0.25, -0.2) is 4.98 Å². The minimum Gasteiger partial charge on any atom is -0.481 e. The number of H-pyrrole nitrogens is 1. The predicted molar refractivity (Wildman–Crippen MR) is 102 cm³/mol. The van der Waals surface area contributed by atoms with Crippen molar-refractivity contribution in [3.8, 4) is 0 Å². The molecule has 0 bridgehead atoms. The molecule has 1 aromatic carbocycles. The number of hydrogen-bond acceptors (Lipinski definition) is 5. The molecular weight excluding hydrogens is 352 g/mol. The number of aromatic amines is 1. The Hall–Kier alpha value is -2.02. The second-order valence-corrected chi connectivity index (χ2v) is 7.21. The van der Waals surface area contributed by atoms with Gasteiger partial charge in [0, 0.05) is 0 Å². The summed E-state index contributed by atoms with van der Waals surface area (Å²) in [6.45, 7) is 4.20. The van der Waals surface area contributed by atoms with Gasteiger partial charge in [-0.15, -0.1) is 0 Å². The van der Waals surface area contributed by atoms with Crippen LogP contribution in [0.5, 0.6) is 0 Å². The third kappa shape index (κ3) is 6.05. The summed E-state index contributed by atoms with van der Waals surface area (Å²) >= 11 is 0.853. The number of carboxylic acids is 1. The number of rotatable bonds is 11. The number of aliphatic carboxylic acids is 1. The molecule has 0 aliphatic heterocycles. The van der Waals surface area contributed by atoms with Crippen molar-refractivity contribution in [2.75, 3.05) is 0 Å². The predicted octanol–water partition coefficient (Wildman–Crippen LogP) is 4.81. The molecule has 2 rings (SSSR count). The summed E-state index contributed by atoms with van der Waals surface area (Å²) in [4.78, 5) is 31.0. The zero-order valence-corrected chi connectivity index (χ0v) is 16.1. The number of nitrogens with one attached hydrogen (secondary N) is 1. The summed E-state index contributed by atoms with van der Waals surface area (Å²) in [5.74, 6) is -1.77. The lowest BCUT2D eigenvalue weighted by Gasteiger charge is -2.19. The van der Waals surface area contributed by atoms with Crippen LogP contribution in [0.25, 0.3) is 11.0 Å². The number of imidazole rings is 1. The molecule has 7 heteroatoms. The third-order valence-corrected chi connectivity index (χ3v) is 5.08. The molecular formula is C19H26N2O4S. The minimum absolute atomic E-state index is 0.206. The number of para-hydroxylation sites is 2. The maximum Gasteiger partial charge on any atom is 0.322 e. The first-order valence-electron chi connectivity index (χ1n) is 9.08. The van der Waals surface area contributed by atoms with Crippen molar-refractivity contribution >= 4 is 35.0 Å². The number of carbonyl (C=O) groups is 2. The highest BCUT2D eigenvalue weighted by Gasteiger charge is 2.27. The lowest BCUT2D eigenvalue weighted by Crippen LogP contribution is -2.22. The van der Waals surface area contributed by atoms with Crippen molar-refractivity contribution in [3.63, 3.8) is 0 Å². The number of benzene rings is 1. The van der Waals surface area contributed by atoms with Crippen molar-refractivity contribution in [1.82, 2.24) is 9.97 Å². The number of carboxylic acid groups (broad SMARTS) is 1. The van der Waals surface area contributed by atoms with Gasteiger partial charge in [-0.05, 0) is 24.5 Å². The van der Waals surface area contributed by atoms with Crippen LogP contribution in [-0.2, 0) is 13.8 Å². The molecule has 0 saturated heterocycles. The summed E-state index contributed by atoms with van der Waals surface area (Å²) in [5, 5.41) is 9.62. The summed E-state index contributed by atoms with van der Waals surface area (Å²) < 4.78 is 5.29. The molecule has 0 spiro atoms. The van der Waals surface area contributed by atoms with Crippen LogP contribution in [0.1, 0.15) is 52.4 Å². The van der Waals surface area contributed by atoms with Gasteiger partial charge in [0.25, 0.3) is 0 Å². The zero-order chi connectivity index (χ0) is 18.9. The molecule has 2 N–H and O–H groups in total. The van der Waals surface area contributed by atoms with Crippen LogP contribution >= 0.6 is 12.0 Å². The van der Waals surface area contributed by atoms with Crippen LogP contribution in [0.15, 0.2) is 29.4 Å². The number of fused-ring (bicyclic) bond motifs is 1. The molecule has 2 unspecified atom stereocenters. The Bertz CT molecular complexity index is 698. The van der Waals surface area contributed by atoms with Gasteiger partial charge in [0.1, 0.15) is 12.0 Å². The second-order valence-electron chi connectivity index (χ2n) is 6.49. The molecule has 0 aliphatic carbocycles. The highest BCUT2D eigenvalue weighted by molar-refractivity contribution is 7.94. The Morgan fingerprint density at radius 1 is 1.31 bits per heavy atom. The van der Waals surface area contributed by atoms with E-state index in [1.807, 2.05) is 24.3 Å². The molecule has 1 heterocycles. The van der Waals surface area contributed by atoms with Crippen LogP contribution in [0.4, 0.5) is 0 Å². The Morgan fingerprint density at radius 2 is 2.08 bits per heavy atom. The number of hydrogen-bond donors (Lipinski definition) is 2. The minimum atomic E-state index is -0.981. The van der Waals surface area contributed by atoms with E-state index in [-0.39, 0.29) is 6.42 Å². The summed E-state index contributed by atoms with van der Waals surface area (Å²) in [6, 6.07) is 7.53. The van der Waals surface area contributed by atoms with Gasteiger partial charge < -0.3 is 14.3 Å². The molecule has 2 aromatic rings. The fraction of sp³-hybridized carbons (Fsp3) is 0.526. The molecule has 0 radical (unpaired) electrons. The van der Waals surface area contributed by atoms with Crippen molar-refractivity contribution in [1.29, 1.82) is 0 Å². The van der Waals surface area contributed by atoms with Gasteiger partial charge in [0.05, 0.1) is 23.4 Å². The fourth-order valence-corrected chi connectivity index (χ4v) is 3.56. The monoisotopic (exact) mass is 378 g/mol.